The van der Waals surface area contributed by atoms with Gasteiger partial charge in [-0.1, -0.05) is 11.8 Å². The fraction of sp³-hybridized carbons (Fsp3) is 0.556. The summed E-state index contributed by atoms with van der Waals surface area (Å²) in [5, 5.41) is 0.0295. The molecule has 0 spiro atoms. The fourth-order valence-electron chi connectivity index (χ4n) is 1.17. The molecule has 1 heterocycles. The molecule has 4 nitrogen and oxygen atoms in total. The van der Waals surface area contributed by atoms with E-state index < -0.39 is 17.4 Å². The maximum Gasteiger partial charge on any atom is 0.433 e. The van der Waals surface area contributed by atoms with Gasteiger partial charge in [-0.15, -0.1) is 0 Å². The third kappa shape index (κ3) is 3.47. The minimum Gasteiger partial charge on any atom is -0.383 e. The van der Waals surface area contributed by atoms with E-state index in [1.165, 1.54) is 7.11 Å². The number of thioether (sulfide) groups is 1. The first-order valence-corrected chi connectivity index (χ1v) is 5.84. The van der Waals surface area contributed by atoms with Crippen LogP contribution in [-0.4, -0.2) is 29.5 Å². The normalized spacial score (nSPS) is 11.8. The van der Waals surface area contributed by atoms with E-state index in [0.717, 1.165) is 16.3 Å². The largest absolute Gasteiger partial charge is 0.433 e. The maximum absolute atomic E-state index is 12.4. The van der Waals surface area contributed by atoms with Gasteiger partial charge in [0.05, 0.1) is 13.2 Å². The van der Waals surface area contributed by atoms with Crippen molar-refractivity contribution < 1.29 is 17.9 Å². The third-order valence-electron chi connectivity index (χ3n) is 1.97. The minimum atomic E-state index is -4.61. The van der Waals surface area contributed by atoms with Gasteiger partial charge in [0.2, 0.25) is 0 Å². The van der Waals surface area contributed by atoms with E-state index in [9.17, 15) is 18.0 Å². The zero-order chi connectivity index (χ0) is 13.1. The van der Waals surface area contributed by atoms with Crippen LogP contribution in [0.15, 0.2) is 16.0 Å². The van der Waals surface area contributed by atoms with Gasteiger partial charge in [-0.3, -0.25) is 9.36 Å². The Labute approximate surface area is 99.8 Å². The summed E-state index contributed by atoms with van der Waals surface area (Å²) in [5.41, 5.74) is -1.89. The Kier molecular flexibility index (Phi) is 4.58. The molecule has 0 unspecified atom stereocenters. The van der Waals surface area contributed by atoms with Crippen molar-refractivity contribution in [2.24, 2.45) is 0 Å². The molecule has 17 heavy (non-hydrogen) atoms. The van der Waals surface area contributed by atoms with E-state index in [1.807, 2.05) is 0 Å². The van der Waals surface area contributed by atoms with Gasteiger partial charge in [-0.2, -0.15) is 13.2 Å². The molecule has 0 aromatic carbocycles. The summed E-state index contributed by atoms with van der Waals surface area (Å²) in [6, 6.07) is 0.495. The first-order chi connectivity index (χ1) is 7.90. The second-order valence-corrected chi connectivity index (χ2v) is 3.88. The molecule has 0 saturated heterocycles. The van der Waals surface area contributed by atoms with Gasteiger partial charge in [-0.05, 0) is 6.26 Å². The average molecular weight is 268 g/mol. The van der Waals surface area contributed by atoms with Crippen LogP contribution in [0.5, 0.6) is 0 Å². The van der Waals surface area contributed by atoms with Gasteiger partial charge >= 0.3 is 6.18 Å². The number of nitrogens with zero attached hydrogens (tertiary/aromatic N) is 2. The molecule has 96 valence electrons. The van der Waals surface area contributed by atoms with E-state index in [2.05, 4.69) is 4.98 Å². The lowest BCUT2D eigenvalue weighted by Crippen LogP contribution is -2.27. The average Bonchev–Trinajstić information content (AvgIpc) is 2.25. The molecule has 0 atom stereocenters. The molecule has 1 rings (SSSR count). The van der Waals surface area contributed by atoms with Gasteiger partial charge in [0.25, 0.3) is 5.56 Å². The van der Waals surface area contributed by atoms with Crippen LogP contribution in [0, 0.1) is 0 Å². The van der Waals surface area contributed by atoms with Crippen LogP contribution in [0.25, 0.3) is 0 Å². The van der Waals surface area contributed by atoms with Gasteiger partial charge in [0.15, 0.2) is 10.9 Å². The summed E-state index contributed by atoms with van der Waals surface area (Å²) in [6.45, 7) is 0.414. The molecule has 0 saturated carbocycles. The first-order valence-electron chi connectivity index (χ1n) is 4.62. The van der Waals surface area contributed by atoms with Crippen LogP contribution in [0.4, 0.5) is 13.2 Å². The van der Waals surface area contributed by atoms with E-state index in [-0.39, 0.29) is 18.3 Å². The van der Waals surface area contributed by atoms with Crippen LogP contribution >= 0.6 is 11.8 Å². The minimum absolute atomic E-state index is 0.0295. The van der Waals surface area contributed by atoms with Gasteiger partial charge < -0.3 is 4.74 Å². The molecular formula is C9H11F3N2O2S. The zero-order valence-corrected chi connectivity index (χ0v) is 10.1. The number of methoxy groups -OCH3 is 1. The van der Waals surface area contributed by atoms with Gasteiger partial charge in [-0.25, -0.2) is 4.98 Å². The second-order valence-electron chi connectivity index (χ2n) is 3.11. The Morgan fingerprint density at radius 2 is 2.18 bits per heavy atom. The highest BCUT2D eigenvalue weighted by atomic mass is 32.2. The zero-order valence-electron chi connectivity index (χ0n) is 9.24. The summed E-state index contributed by atoms with van der Waals surface area (Å²) in [7, 11) is 1.45. The van der Waals surface area contributed by atoms with E-state index in [0.29, 0.717) is 6.07 Å². The monoisotopic (exact) mass is 268 g/mol. The molecular weight excluding hydrogens is 257 g/mol. The summed E-state index contributed by atoms with van der Waals surface area (Å²) < 4.78 is 43.2. The molecule has 0 aliphatic rings. The Morgan fingerprint density at radius 3 is 2.65 bits per heavy atom. The molecule has 0 radical (unpaired) electrons. The molecule has 0 aliphatic heterocycles. The van der Waals surface area contributed by atoms with Crippen LogP contribution in [0.3, 0.4) is 0 Å². The van der Waals surface area contributed by atoms with E-state index >= 15 is 0 Å². The first kappa shape index (κ1) is 14.0. The second kappa shape index (κ2) is 5.54. The van der Waals surface area contributed by atoms with E-state index in [4.69, 9.17) is 4.74 Å². The Bertz CT molecular complexity index is 445. The number of alkyl halides is 3. The fourth-order valence-corrected chi connectivity index (χ4v) is 1.77. The van der Waals surface area contributed by atoms with Crippen LogP contribution in [0.2, 0.25) is 0 Å². The van der Waals surface area contributed by atoms with Crippen molar-refractivity contribution in [2.75, 3.05) is 20.0 Å². The van der Waals surface area contributed by atoms with Crippen molar-refractivity contribution in [3.63, 3.8) is 0 Å². The lowest BCUT2D eigenvalue weighted by Gasteiger charge is -2.12. The van der Waals surface area contributed by atoms with Crippen molar-refractivity contribution >= 4 is 11.8 Å². The number of ether oxygens (including phenoxy) is 1. The third-order valence-corrected chi connectivity index (χ3v) is 2.64. The summed E-state index contributed by atoms with van der Waals surface area (Å²) in [4.78, 5) is 14.9. The Hall–Kier alpha value is -1.02. The number of aromatic nitrogens is 2. The highest BCUT2D eigenvalue weighted by Crippen LogP contribution is 2.27. The summed E-state index contributed by atoms with van der Waals surface area (Å²) >= 11 is 0.987. The highest BCUT2D eigenvalue weighted by molar-refractivity contribution is 7.98. The predicted octanol–water partition coefficient (Wildman–Crippen LogP) is 1.63. The summed E-state index contributed by atoms with van der Waals surface area (Å²) in [5.74, 6) is 0. The van der Waals surface area contributed by atoms with E-state index in [1.54, 1.807) is 6.26 Å². The van der Waals surface area contributed by atoms with Crippen molar-refractivity contribution in [2.45, 2.75) is 17.9 Å². The topological polar surface area (TPSA) is 44.1 Å². The molecule has 1 aromatic heterocycles. The lowest BCUT2D eigenvalue weighted by molar-refractivity contribution is -0.141. The van der Waals surface area contributed by atoms with Crippen molar-refractivity contribution in [3.05, 3.63) is 22.1 Å². The summed E-state index contributed by atoms with van der Waals surface area (Å²) in [6.07, 6.45) is -3.05. The molecule has 1 aromatic rings. The molecule has 0 amide bonds. The van der Waals surface area contributed by atoms with Crippen LogP contribution in [0.1, 0.15) is 5.69 Å². The number of rotatable bonds is 4. The van der Waals surface area contributed by atoms with Gasteiger partial charge in [0.1, 0.15) is 0 Å². The molecule has 0 N–H and O–H groups in total. The molecule has 8 heteroatoms. The molecule has 0 bridgehead atoms. The van der Waals surface area contributed by atoms with Crippen molar-refractivity contribution in [3.8, 4) is 0 Å². The quantitative estimate of drug-likeness (QED) is 0.615. The lowest BCUT2D eigenvalue weighted by atomic mass is 10.4. The van der Waals surface area contributed by atoms with Crippen molar-refractivity contribution in [1.82, 2.24) is 9.55 Å². The number of hydrogen-bond acceptors (Lipinski definition) is 4. The number of hydrogen-bond donors (Lipinski definition) is 0. The van der Waals surface area contributed by atoms with Gasteiger partial charge in [0, 0.05) is 13.2 Å². The SMILES string of the molecule is COCCn1c(SC)nc(C(F)(F)F)cc1=O. The smallest absolute Gasteiger partial charge is 0.383 e. The standard InChI is InChI=1S/C9H11F3N2O2S/c1-16-4-3-14-7(15)5-6(9(10,11)12)13-8(14)17-2/h5H,3-4H2,1-2H3. The predicted molar refractivity (Wildman–Crippen MR) is 57.2 cm³/mol. The number of halogens is 3. The Morgan fingerprint density at radius 1 is 1.53 bits per heavy atom. The van der Waals surface area contributed by atoms with Crippen molar-refractivity contribution in [1.29, 1.82) is 0 Å². The highest BCUT2D eigenvalue weighted by Gasteiger charge is 2.34. The van der Waals surface area contributed by atoms with Crippen LogP contribution < -0.4 is 5.56 Å². The maximum atomic E-state index is 12.4. The Balaban J connectivity index is 3.21. The molecule has 0 fully saturated rings. The van der Waals surface area contributed by atoms with Crippen LogP contribution in [-0.2, 0) is 17.5 Å². The molecule has 0 aliphatic carbocycles.